The van der Waals surface area contributed by atoms with Gasteiger partial charge in [-0.15, -0.1) is 11.3 Å². The first-order valence-electron chi connectivity index (χ1n) is 6.63. The zero-order valence-corrected chi connectivity index (χ0v) is 13.8. The molecule has 2 rings (SSSR count). The van der Waals surface area contributed by atoms with E-state index in [1.807, 2.05) is 0 Å². The number of carbonyl (C=O) groups excluding carboxylic acids is 1. The van der Waals surface area contributed by atoms with Crippen LogP contribution in [0.15, 0.2) is 39.9 Å². The molecule has 1 aromatic carbocycles. The molecule has 10 heteroatoms. The van der Waals surface area contributed by atoms with Crippen LogP contribution in [0.5, 0.6) is 0 Å². The smallest absolute Gasteiger partial charge is 0.352 e. The topological polar surface area (TPSA) is 89.3 Å². The quantitative estimate of drug-likeness (QED) is 0.837. The van der Waals surface area contributed by atoms with E-state index in [4.69, 9.17) is 5.14 Å². The van der Waals surface area contributed by atoms with Gasteiger partial charge < -0.3 is 5.32 Å². The molecular formula is C14H13F3N2O3S2. The largest absolute Gasteiger partial charge is 0.416 e. The molecule has 0 atom stereocenters. The van der Waals surface area contributed by atoms with Crippen molar-refractivity contribution in [1.29, 1.82) is 0 Å². The van der Waals surface area contributed by atoms with Crippen LogP contribution in [-0.2, 0) is 22.6 Å². The standard InChI is InChI=1S/C14H13F3N2O3S2/c15-14(16,17)11-3-1-9(2-4-11)5-6-19-13(20)10-7-12(23-8-10)24(18,21)22/h1-4,7-8H,5-6H2,(H,19,20)(H2,18,21,22). The van der Waals surface area contributed by atoms with E-state index in [1.54, 1.807) is 0 Å². The van der Waals surface area contributed by atoms with Crippen molar-refractivity contribution in [2.75, 3.05) is 6.54 Å². The molecule has 1 amide bonds. The maximum Gasteiger partial charge on any atom is 0.416 e. The van der Waals surface area contributed by atoms with Crippen LogP contribution in [0, 0.1) is 0 Å². The Kier molecular flexibility index (Phi) is 5.31. The van der Waals surface area contributed by atoms with E-state index in [9.17, 15) is 26.4 Å². The van der Waals surface area contributed by atoms with Crippen LogP contribution >= 0.6 is 11.3 Å². The maximum atomic E-state index is 12.4. The first-order valence-corrected chi connectivity index (χ1v) is 9.05. The molecular weight excluding hydrogens is 365 g/mol. The number of rotatable bonds is 5. The highest BCUT2D eigenvalue weighted by Crippen LogP contribution is 2.29. The van der Waals surface area contributed by atoms with Crippen LogP contribution in [0.3, 0.4) is 0 Å². The number of primary sulfonamides is 1. The Labute approximate surface area is 140 Å². The lowest BCUT2D eigenvalue weighted by molar-refractivity contribution is -0.137. The predicted molar refractivity (Wildman–Crippen MR) is 83.2 cm³/mol. The van der Waals surface area contributed by atoms with Crippen molar-refractivity contribution in [2.45, 2.75) is 16.8 Å². The average molecular weight is 378 g/mol. The molecule has 3 N–H and O–H groups in total. The predicted octanol–water partition coefficient (Wildman–Crippen LogP) is 2.39. The molecule has 0 aliphatic rings. The van der Waals surface area contributed by atoms with Gasteiger partial charge in [0.2, 0.25) is 10.0 Å². The molecule has 1 aromatic heterocycles. The molecule has 0 unspecified atom stereocenters. The normalized spacial score (nSPS) is 12.2. The molecule has 0 spiro atoms. The van der Waals surface area contributed by atoms with Gasteiger partial charge in [-0.1, -0.05) is 12.1 Å². The third-order valence-corrected chi connectivity index (χ3v) is 5.48. The zero-order valence-electron chi connectivity index (χ0n) is 12.1. The van der Waals surface area contributed by atoms with Crippen LogP contribution in [0.1, 0.15) is 21.5 Å². The van der Waals surface area contributed by atoms with E-state index < -0.39 is 27.7 Å². The van der Waals surface area contributed by atoms with Gasteiger partial charge in [-0.2, -0.15) is 13.2 Å². The third-order valence-electron chi connectivity index (χ3n) is 3.10. The van der Waals surface area contributed by atoms with Gasteiger partial charge in [-0.25, -0.2) is 13.6 Å². The number of thiophene rings is 1. The molecule has 0 radical (unpaired) electrons. The summed E-state index contributed by atoms with van der Waals surface area (Å²) in [4.78, 5) is 11.9. The van der Waals surface area contributed by atoms with Gasteiger partial charge in [0.05, 0.1) is 11.1 Å². The number of nitrogens with two attached hydrogens (primary N) is 1. The SMILES string of the molecule is NS(=O)(=O)c1cc(C(=O)NCCc2ccc(C(F)(F)F)cc2)cs1. The van der Waals surface area contributed by atoms with Crippen LogP contribution < -0.4 is 10.5 Å². The Balaban J connectivity index is 1.90. The Morgan fingerprint density at radius 3 is 2.33 bits per heavy atom. The lowest BCUT2D eigenvalue weighted by Crippen LogP contribution is -2.25. The van der Waals surface area contributed by atoms with Crippen molar-refractivity contribution in [2.24, 2.45) is 5.14 Å². The Morgan fingerprint density at radius 2 is 1.83 bits per heavy atom. The lowest BCUT2D eigenvalue weighted by atomic mass is 10.1. The summed E-state index contributed by atoms with van der Waals surface area (Å²) in [6, 6.07) is 5.83. The summed E-state index contributed by atoms with van der Waals surface area (Å²) in [5.41, 5.74) is 0.0689. The van der Waals surface area contributed by atoms with Gasteiger partial charge in [0.25, 0.3) is 5.91 Å². The number of hydrogen-bond donors (Lipinski definition) is 2. The maximum absolute atomic E-state index is 12.4. The molecule has 0 saturated carbocycles. The number of alkyl halides is 3. The second-order valence-corrected chi connectivity index (χ2v) is 7.60. The van der Waals surface area contributed by atoms with E-state index in [0.29, 0.717) is 12.0 Å². The molecule has 2 aromatic rings. The van der Waals surface area contributed by atoms with E-state index >= 15 is 0 Å². The fourth-order valence-electron chi connectivity index (χ4n) is 1.87. The van der Waals surface area contributed by atoms with Crippen molar-refractivity contribution in [1.82, 2.24) is 5.32 Å². The number of benzene rings is 1. The summed E-state index contributed by atoms with van der Waals surface area (Å²) in [5.74, 6) is -0.479. The van der Waals surface area contributed by atoms with E-state index in [0.717, 1.165) is 23.5 Å². The summed E-state index contributed by atoms with van der Waals surface area (Å²) in [6.07, 6.45) is -4.04. The van der Waals surface area contributed by atoms with Gasteiger partial charge in [0.1, 0.15) is 4.21 Å². The fourth-order valence-corrected chi connectivity index (χ4v) is 3.45. The number of nitrogens with one attached hydrogen (secondary N) is 1. The number of hydrogen-bond acceptors (Lipinski definition) is 4. The molecule has 5 nitrogen and oxygen atoms in total. The Bertz CT molecular complexity index is 828. The summed E-state index contributed by atoms with van der Waals surface area (Å²) in [7, 11) is -3.85. The highest BCUT2D eigenvalue weighted by molar-refractivity contribution is 7.91. The number of amides is 1. The summed E-state index contributed by atoms with van der Waals surface area (Å²) in [5, 5.41) is 8.90. The van der Waals surface area contributed by atoms with Gasteiger partial charge >= 0.3 is 6.18 Å². The molecule has 1 heterocycles. The molecule has 0 saturated heterocycles. The Hall–Kier alpha value is -1.91. The number of sulfonamides is 1. The Morgan fingerprint density at radius 1 is 1.21 bits per heavy atom. The van der Waals surface area contributed by atoms with E-state index in [-0.39, 0.29) is 16.3 Å². The van der Waals surface area contributed by atoms with E-state index in [2.05, 4.69) is 5.32 Å². The third kappa shape index (κ3) is 4.79. The number of carbonyl (C=O) groups is 1. The van der Waals surface area contributed by atoms with Gasteiger partial charge in [-0.3, -0.25) is 4.79 Å². The molecule has 0 aliphatic carbocycles. The molecule has 130 valence electrons. The summed E-state index contributed by atoms with van der Waals surface area (Å²) < 4.78 is 59.5. The first-order chi connectivity index (χ1) is 11.1. The van der Waals surface area contributed by atoms with Crippen molar-refractivity contribution in [3.8, 4) is 0 Å². The van der Waals surface area contributed by atoms with Crippen LogP contribution in [0.25, 0.3) is 0 Å². The second-order valence-electron chi connectivity index (χ2n) is 4.90. The monoisotopic (exact) mass is 378 g/mol. The molecule has 0 bridgehead atoms. The summed E-state index contributed by atoms with van der Waals surface area (Å²) in [6.45, 7) is 0.199. The van der Waals surface area contributed by atoms with Crippen molar-refractivity contribution in [3.05, 3.63) is 52.4 Å². The highest BCUT2D eigenvalue weighted by atomic mass is 32.2. The van der Waals surface area contributed by atoms with Crippen molar-refractivity contribution < 1.29 is 26.4 Å². The molecule has 0 aliphatic heterocycles. The average Bonchev–Trinajstić information content (AvgIpc) is 2.96. The minimum absolute atomic E-state index is 0.115. The lowest BCUT2D eigenvalue weighted by Gasteiger charge is -2.08. The zero-order chi connectivity index (χ0) is 18.0. The highest BCUT2D eigenvalue weighted by Gasteiger charge is 2.29. The van der Waals surface area contributed by atoms with Crippen LogP contribution in [-0.4, -0.2) is 20.9 Å². The second kappa shape index (κ2) is 6.91. The first kappa shape index (κ1) is 18.4. The molecule has 24 heavy (non-hydrogen) atoms. The van der Waals surface area contributed by atoms with E-state index in [1.165, 1.54) is 23.6 Å². The van der Waals surface area contributed by atoms with Crippen LogP contribution in [0.2, 0.25) is 0 Å². The van der Waals surface area contributed by atoms with Gasteiger partial charge in [-0.05, 0) is 30.2 Å². The molecule has 0 fully saturated rings. The van der Waals surface area contributed by atoms with Gasteiger partial charge in [0, 0.05) is 11.9 Å². The summed E-state index contributed by atoms with van der Waals surface area (Å²) >= 11 is 0.838. The van der Waals surface area contributed by atoms with Crippen LogP contribution in [0.4, 0.5) is 13.2 Å². The van der Waals surface area contributed by atoms with Crippen molar-refractivity contribution >= 4 is 27.3 Å². The van der Waals surface area contributed by atoms with Crippen molar-refractivity contribution in [3.63, 3.8) is 0 Å². The fraction of sp³-hybridized carbons (Fsp3) is 0.214. The minimum atomic E-state index is -4.38. The number of halogens is 3. The minimum Gasteiger partial charge on any atom is -0.352 e. The van der Waals surface area contributed by atoms with Gasteiger partial charge in [0.15, 0.2) is 0 Å².